The second-order valence-electron chi connectivity index (χ2n) is 10.7. The van der Waals surface area contributed by atoms with Crippen LogP contribution in [-0.4, -0.2) is 74.4 Å². The molecule has 0 aromatic carbocycles. The molecule has 0 amide bonds. The van der Waals surface area contributed by atoms with E-state index in [1.807, 2.05) is 0 Å². The standard InChI is InChI=1S/C25H38O9/c26-18(30-19-9-3-8-14-28-19)16-27-15-17-20-21(32-24(31-20)10-4-1-5-11-24)22-23(29-17)34-25(33-22)12-6-2-7-13-25/h17,19-23H,1-16H2/t17-,19?,20+,21+,22-,23-/m1/s1. The maximum atomic E-state index is 12.2. The Morgan fingerprint density at radius 2 is 1.44 bits per heavy atom. The Bertz CT molecular complexity index is 711. The first-order valence-electron chi connectivity index (χ1n) is 13.4. The molecule has 4 heterocycles. The van der Waals surface area contributed by atoms with Gasteiger partial charge in [-0.2, -0.15) is 0 Å². The van der Waals surface area contributed by atoms with Gasteiger partial charge in [0, 0.05) is 32.1 Å². The van der Waals surface area contributed by atoms with E-state index < -0.39 is 36.2 Å². The maximum Gasteiger partial charge on any atom is 0.334 e. The summed E-state index contributed by atoms with van der Waals surface area (Å²) in [4.78, 5) is 12.2. The lowest BCUT2D eigenvalue weighted by atomic mass is 9.94. The number of carbonyl (C=O) groups is 1. The molecule has 9 nitrogen and oxygen atoms in total. The Morgan fingerprint density at radius 1 is 0.765 bits per heavy atom. The van der Waals surface area contributed by atoms with Gasteiger partial charge in [-0.15, -0.1) is 0 Å². The molecular formula is C25H38O9. The maximum absolute atomic E-state index is 12.2. The second-order valence-corrected chi connectivity index (χ2v) is 10.7. The number of rotatable bonds is 5. The number of hydrogen-bond donors (Lipinski definition) is 0. The van der Waals surface area contributed by atoms with Gasteiger partial charge in [0.2, 0.25) is 6.29 Å². The van der Waals surface area contributed by atoms with E-state index in [1.165, 1.54) is 12.8 Å². The highest BCUT2D eigenvalue weighted by Crippen LogP contribution is 2.50. The van der Waals surface area contributed by atoms with Gasteiger partial charge in [-0.1, -0.05) is 12.8 Å². The molecule has 6 rings (SSSR count). The quantitative estimate of drug-likeness (QED) is 0.547. The van der Waals surface area contributed by atoms with Crippen molar-refractivity contribution in [1.29, 1.82) is 0 Å². The van der Waals surface area contributed by atoms with Crippen molar-refractivity contribution in [3.05, 3.63) is 0 Å². The molecule has 0 bridgehead atoms. The number of esters is 1. The van der Waals surface area contributed by atoms with Crippen LogP contribution in [0.15, 0.2) is 0 Å². The van der Waals surface area contributed by atoms with Crippen molar-refractivity contribution < 1.29 is 42.7 Å². The van der Waals surface area contributed by atoms with Crippen molar-refractivity contribution in [1.82, 2.24) is 0 Å². The molecular weight excluding hydrogens is 444 g/mol. The molecule has 34 heavy (non-hydrogen) atoms. The highest BCUT2D eigenvalue weighted by molar-refractivity contribution is 5.70. The predicted molar refractivity (Wildman–Crippen MR) is 116 cm³/mol. The van der Waals surface area contributed by atoms with Gasteiger partial charge < -0.3 is 37.9 Å². The topological polar surface area (TPSA) is 90.9 Å². The van der Waals surface area contributed by atoms with Crippen molar-refractivity contribution in [3.8, 4) is 0 Å². The van der Waals surface area contributed by atoms with E-state index in [1.54, 1.807) is 0 Å². The fraction of sp³-hybridized carbons (Fsp3) is 0.960. The SMILES string of the molecule is O=C(COC[C@H]1O[C@@H]2OC3(CCCCC3)O[C@@H]2[C@H]2OC3(CCCCC3)O[C@H]21)OC1CCCCO1. The lowest BCUT2D eigenvalue weighted by molar-refractivity contribution is -0.256. The van der Waals surface area contributed by atoms with E-state index >= 15 is 0 Å². The van der Waals surface area contributed by atoms with Gasteiger partial charge in [-0.25, -0.2) is 4.79 Å². The van der Waals surface area contributed by atoms with Gasteiger partial charge in [-0.05, 0) is 38.5 Å². The Labute approximate surface area is 201 Å². The number of hydrogen-bond acceptors (Lipinski definition) is 9. The summed E-state index contributed by atoms with van der Waals surface area (Å²) in [5, 5.41) is 0. The van der Waals surface area contributed by atoms with E-state index in [-0.39, 0.29) is 31.5 Å². The van der Waals surface area contributed by atoms with Crippen LogP contribution in [0.1, 0.15) is 83.5 Å². The summed E-state index contributed by atoms with van der Waals surface area (Å²) in [6.45, 7) is 0.669. The molecule has 0 N–H and O–H groups in total. The lowest BCUT2D eigenvalue weighted by Crippen LogP contribution is -2.56. The summed E-state index contributed by atoms with van der Waals surface area (Å²) in [5.41, 5.74) is 0. The van der Waals surface area contributed by atoms with Gasteiger partial charge in [0.1, 0.15) is 31.0 Å². The largest absolute Gasteiger partial charge is 0.434 e. The molecule has 2 aliphatic carbocycles. The zero-order chi connectivity index (χ0) is 23.0. The summed E-state index contributed by atoms with van der Waals surface area (Å²) in [6, 6.07) is 0. The second kappa shape index (κ2) is 9.92. The van der Waals surface area contributed by atoms with E-state index in [9.17, 15) is 4.79 Å². The Balaban J connectivity index is 1.10. The van der Waals surface area contributed by atoms with Gasteiger partial charge in [-0.3, -0.25) is 0 Å². The van der Waals surface area contributed by atoms with E-state index in [0.717, 1.165) is 70.6 Å². The fourth-order valence-electron chi connectivity index (χ4n) is 6.42. The number of fused-ring (bicyclic) bond motifs is 3. The molecule has 9 heteroatoms. The Morgan fingerprint density at radius 3 is 2.15 bits per heavy atom. The molecule has 4 aliphatic heterocycles. The molecule has 6 aliphatic rings. The van der Waals surface area contributed by atoms with Gasteiger partial charge >= 0.3 is 5.97 Å². The van der Waals surface area contributed by atoms with Crippen molar-refractivity contribution in [2.75, 3.05) is 19.8 Å². The number of carbonyl (C=O) groups excluding carboxylic acids is 1. The fourth-order valence-corrected chi connectivity index (χ4v) is 6.42. The zero-order valence-corrected chi connectivity index (χ0v) is 20.0. The van der Waals surface area contributed by atoms with Crippen LogP contribution in [0.25, 0.3) is 0 Å². The third-order valence-corrected chi connectivity index (χ3v) is 8.11. The van der Waals surface area contributed by atoms with Crippen LogP contribution in [0.3, 0.4) is 0 Å². The molecule has 6 atom stereocenters. The summed E-state index contributed by atoms with van der Waals surface area (Å²) in [6.07, 6.45) is 10.7. The molecule has 192 valence electrons. The van der Waals surface area contributed by atoms with Crippen molar-refractivity contribution in [3.63, 3.8) is 0 Å². The molecule has 0 radical (unpaired) electrons. The Hall–Kier alpha value is -0.810. The number of ether oxygens (including phenoxy) is 8. The van der Waals surface area contributed by atoms with Crippen LogP contribution in [0, 0.1) is 0 Å². The molecule has 6 fully saturated rings. The minimum absolute atomic E-state index is 0.154. The first-order chi connectivity index (χ1) is 16.6. The van der Waals surface area contributed by atoms with Gasteiger partial charge in [0.15, 0.2) is 17.9 Å². The monoisotopic (exact) mass is 482 g/mol. The third kappa shape index (κ3) is 4.77. The zero-order valence-electron chi connectivity index (χ0n) is 20.0. The highest BCUT2D eigenvalue weighted by Gasteiger charge is 2.63. The van der Waals surface area contributed by atoms with Crippen molar-refractivity contribution >= 4 is 5.97 Å². The van der Waals surface area contributed by atoms with E-state index in [2.05, 4.69) is 0 Å². The summed E-state index contributed by atoms with van der Waals surface area (Å²) < 4.78 is 49.1. The van der Waals surface area contributed by atoms with E-state index in [4.69, 9.17) is 37.9 Å². The lowest BCUT2D eigenvalue weighted by Gasteiger charge is -2.37. The van der Waals surface area contributed by atoms with Crippen LogP contribution in [0.5, 0.6) is 0 Å². The van der Waals surface area contributed by atoms with Crippen LogP contribution < -0.4 is 0 Å². The average Bonchev–Trinajstić information content (AvgIpc) is 3.39. The van der Waals surface area contributed by atoms with E-state index in [0.29, 0.717) is 6.61 Å². The van der Waals surface area contributed by atoms with Crippen LogP contribution in [0.4, 0.5) is 0 Å². The smallest absolute Gasteiger partial charge is 0.334 e. The van der Waals surface area contributed by atoms with Crippen LogP contribution in [0.2, 0.25) is 0 Å². The first-order valence-corrected chi connectivity index (χ1v) is 13.4. The molecule has 0 aromatic rings. The predicted octanol–water partition coefficient (Wildman–Crippen LogP) is 3.32. The minimum atomic E-state index is -0.580. The van der Waals surface area contributed by atoms with Gasteiger partial charge in [0.25, 0.3) is 0 Å². The molecule has 4 saturated heterocycles. The van der Waals surface area contributed by atoms with Crippen LogP contribution >= 0.6 is 0 Å². The third-order valence-electron chi connectivity index (χ3n) is 8.11. The first kappa shape index (κ1) is 23.6. The normalized spacial score (nSPS) is 40.7. The summed E-state index contributed by atoms with van der Waals surface area (Å²) in [5.74, 6) is -1.58. The molecule has 2 spiro atoms. The molecule has 0 aromatic heterocycles. The Kier molecular flexibility index (Phi) is 6.88. The van der Waals surface area contributed by atoms with Crippen molar-refractivity contribution in [2.45, 2.75) is 132 Å². The minimum Gasteiger partial charge on any atom is -0.434 e. The average molecular weight is 483 g/mol. The summed E-state index contributed by atoms with van der Waals surface area (Å²) in [7, 11) is 0. The van der Waals surface area contributed by atoms with Gasteiger partial charge in [0.05, 0.1) is 13.2 Å². The summed E-state index contributed by atoms with van der Waals surface area (Å²) >= 11 is 0. The van der Waals surface area contributed by atoms with Crippen molar-refractivity contribution in [2.24, 2.45) is 0 Å². The highest BCUT2D eigenvalue weighted by atomic mass is 16.9. The van der Waals surface area contributed by atoms with Crippen LogP contribution in [-0.2, 0) is 42.7 Å². The molecule has 2 saturated carbocycles. The molecule has 1 unspecified atom stereocenters.